The molecular weight excluding hydrogens is 580 g/mol. The van der Waals surface area contributed by atoms with Crippen LogP contribution in [0.1, 0.15) is 18.5 Å². The summed E-state index contributed by atoms with van der Waals surface area (Å²) in [4.78, 5) is 29.0. The second kappa shape index (κ2) is 10.6. The molecule has 13 heteroatoms. The first kappa shape index (κ1) is 27.1. The van der Waals surface area contributed by atoms with E-state index in [1.54, 1.807) is 6.20 Å². The van der Waals surface area contributed by atoms with E-state index < -0.39 is 17.7 Å². The number of hydrogen-bond donors (Lipinski definition) is 1. The van der Waals surface area contributed by atoms with Gasteiger partial charge in [0.2, 0.25) is 11.8 Å². The number of fused-ring (bicyclic) bond motifs is 6. The number of anilines is 1. The topological polar surface area (TPSA) is 116 Å². The largest absolute Gasteiger partial charge is 0.472 e. The minimum atomic E-state index is -0.774. The lowest BCUT2D eigenvalue weighted by atomic mass is 9.99. The summed E-state index contributed by atoms with van der Waals surface area (Å²) in [7, 11) is 1.94. The molecule has 4 bridgehead atoms. The summed E-state index contributed by atoms with van der Waals surface area (Å²) in [5.74, 6) is -0.706. The van der Waals surface area contributed by atoms with E-state index in [9.17, 15) is 13.6 Å². The normalized spacial score (nSPS) is 18.5. The minimum Gasteiger partial charge on any atom is -0.472 e. The number of ether oxygens (including phenoxy) is 1. The lowest BCUT2D eigenvalue weighted by molar-refractivity contribution is -0.122. The van der Waals surface area contributed by atoms with Gasteiger partial charge in [0.1, 0.15) is 35.8 Å². The molecule has 0 aliphatic carbocycles. The molecule has 1 fully saturated rings. The molecule has 8 rings (SSSR count). The summed E-state index contributed by atoms with van der Waals surface area (Å²) in [6.45, 7) is 0.814. The van der Waals surface area contributed by atoms with Crippen molar-refractivity contribution in [3.63, 3.8) is 0 Å². The molecule has 2 aliphatic rings. The van der Waals surface area contributed by atoms with Gasteiger partial charge in [0.05, 0.1) is 23.6 Å². The maximum absolute atomic E-state index is 14.7. The lowest BCUT2D eigenvalue weighted by Crippen LogP contribution is -2.44. The minimum absolute atomic E-state index is 0.0487. The SMILES string of the molecule is Cn1nc2cccc3c2c1CCCNC(=O)[C@@H]1C[C@@H](CN1c1ncnc2c1cnn2-c1ccc(F)cc1F)Oc1cc-3ccn1. The fourth-order valence-electron chi connectivity index (χ4n) is 6.49. The summed E-state index contributed by atoms with van der Waals surface area (Å²) in [6.07, 6.45) is 6.06. The van der Waals surface area contributed by atoms with Gasteiger partial charge in [-0.05, 0) is 48.2 Å². The van der Waals surface area contributed by atoms with Crippen molar-refractivity contribution in [1.82, 2.24) is 39.8 Å². The Kier molecular flexibility index (Phi) is 6.39. The Morgan fingerprint density at radius 2 is 1.98 bits per heavy atom. The first-order valence-electron chi connectivity index (χ1n) is 14.7. The molecule has 6 heterocycles. The van der Waals surface area contributed by atoms with Gasteiger partial charge >= 0.3 is 0 Å². The molecule has 226 valence electrons. The predicted molar refractivity (Wildman–Crippen MR) is 162 cm³/mol. The van der Waals surface area contributed by atoms with Gasteiger partial charge in [-0.25, -0.2) is 28.4 Å². The number of nitrogens with zero attached hydrogens (tertiary/aromatic N) is 8. The molecule has 1 N–H and O–H groups in total. The van der Waals surface area contributed by atoms with E-state index in [4.69, 9.17) is 9.84 Å². The van der Waals surface area contributed by atoms with E-state index in [1.165, 1.54) is 23.3 Å². The van der Waals surface area contributed by atoms with E-state index in [2.05, 4.69) is 31.4 Å². The number of amides is 1. The monoisotopic (exact) mass is 607 g/mol. The number of nitrogens with one attached hydrogen (secondary N) is 1. The van der Waals surface area contributed by atoms with Gasteiger partial charge in [0.15, 0.2) is 11.5 Å². The quantitative estimate of drug-likeness (QED) is 0.313. The summed E-state index contributed by atoms with van der Waals surface area (Å²) in [5.41, 5.74) is 4.39. The average Bonchev–Trinajstić information content (AvgIpc) is 3.74. The second-order valence-corrected chi connectivity index (χ2v) is 11.3. The molecule has 45 heavy (non-hydrogen) atoms. The standard InChI is InChI=1S/C32H27F2N9O2/c1-41-26-6-3-10-36-32(44)27-14-20(45-28-12-18(9-11-35-28)21-4-2-5-24(40-41)29(21)26)16-42(27)30-22-15-39-43(31(22)38-17-37-30)25-8-7-19(33)13-23(25)34/h2,4-5,7-9,11-13,15,17,20,27H,3,6,10,14,16H2,1H3,(H,36,44)/t20-,27-/m0/s1. The van der Waals surface area contributed by atoms with Gasteiger partial charge in [-0.2, -0.15) is 10.2 Å². The number of carbonyl (C=O) groups excluding carboxylic acids is 1. The van der Waals surface area contributed by atoms with Crippen molar-refractivity contribution in [3.8, 4) is 22.7 Å². The van der Waals surface area contributed by atoms with E-state index >= 15 is 0 Å². The van der Waals surface area contributed by atoms with Crippen LogP contribution < -0.4 is 15.0 Å². The zero-order chi connectivity index (χ0) is 30.7. The number of halogens is 2. The van der Waals surface area contributed by atoms with Crippen LogP contribution in [0, 0.1) is 11.6 Å². The molecule has 0 saturated carbocycles. The average molecular weight is 608 g/mol. The van der Waals surface area contributed by atoms with Crippen LogP contribution in [-0.2, 0) is 18.3 Å². The van der Waals surface area contributed by atoms with Gasteiger partial charge in [-0.3, -0.25) is 9.48 Å². The Hall–Kier alpha value is -5.46. The number of aromatic nitrogens is 7. The molecule has 0 spiro atoms. The van der Waals surface area contributed by atoms with Crippen LogP contribution in [0.2, 0.25) is 0 Å². The highest BCUT2D eigenvalue weighted by molar-refractivity contribution is 5.97. The summed E-state index contributed by atoms with van der Waals surface area (Å²) >= 11 is 0. The van der Waals surface area contributed by atoms with Crippen molar-refractivity contribution in [2.75, 3.05) is 18.0 Å². The number of hydrogen-bond acceptors (Lipinski definition) is 8. The summed E-state index contributed by atoms with van der Waals surface area (Å²) < 4.78 is 37.9. The van der Waals surface area contributed by atoms with Gasteiger partial charge in [-0.1, -0.05) is 12.1 Å². The number of pyridine rings is 1. The van der Waals surface area contributed by atoms with E-state index in [0.29, 0.717) is 42.2 Å². The summed E-state index contributed by atoms with van der Waals surface area (Å²) in [5, 5.41) is 13.8. The maximum Gasteiger partial charge on any atom is 0.242 e. The number of benzene rings is 2. The van der Waals surface area contributed by atoms with Gasteiger partial charge in [0.25, 0.3) is 0 Å². The van der Waals surface area contributed by atoms with Crippen molar-refractivity contribution in [1.29, 1.82) is 0 Å². The van der Waals surface area contributed by atoms with Crippen molar-refractivity contribution in [2.24, 2.45) is 7.05 Å². The highest BCUT2D eigenvalue weighted by Gasteiger charge is 2.40. The van der Waals surface area contributed by atoms with Crippen LogP contribution >= 0.6 is 0 Å². The van der Waals surface area contributed by atoms with Crippen molar-refractivity contribution in [3.05, 3.63) is 84.6 Å². The maximum atomic E-state index is 14.7. The number of rotatable bonds is 2. The molecule has 0 unspecified atom stereocenters. The molecule has 2 aromatic carbocycles. The Morgan fingerprint density at radius 3 is 2.87 bits per heavy atom. The van der Waals surface area contributed by atoms with Crippen LogP contribution in [-0.4, -0.2) is 65.7 Å². The van der Waals surface area contributed by atoms with Crippen LogP contribution in [0.5, 0.6) is 5.88 Å². The molecule has 1 amide bonds. The zero-order valence-electron chi connectivity index (χ0n) is 24.2. The van der Waals surface area contributed by atoms with Crippen molar-refractivity contribution in [2.45, 2.75) is 31.4 Å². The Labute approximate surface area is 255 Å². The van der Waals surface area contributed by atoms with Gasteiger partial charge in [0, 0.05) is 49.4 Å². The number of carbonyl (C=O) groups is 1. The predicted octanol–water partition coefficient (Wildman–Crippen LogP) is 4.13. The second-order valence-electron chi connectivity index (χ2n) is 11.3. The van der Waals surface area contributed by atoms with Crippen LogP contribution in [0.4, 0.5) is 14.6 Å². The highest BCUT2D eigenvalue weighted by Crippen LogP contribution is 2.35. The Balaban J connectivity index is 1.18. The third kappa shape index (κ3) is 4.62. The molecule has 4 aromatic heterocycles. The lowest BCUT2D eigenvalue weighted by Gasteiger charge is -2.25. The number of aryl methyl sites for hydroxylation is 2. The molecule has 11 nitrogen and oxygen atoms in total. The Bertz CT molecular complexity index is 2110. The molecule has 2 aliphatic heterocycles. The van der Waals surface area contributed by atoms with E-state index in [0.717, 1.165) is 52.7 Å². The molecule has 6 aromatic rings. The van der Waals surface area contributed by atoms with E-state index in [-0.39, 0.29) is 17.7 Å². The third-order valence-corrected chi connectivity index (χ3v) is 8.52. The smallest absolute Gasteiger partial charge is 0.242 e. The molecule has 2 atom stereocenters. The fraction of sp³-hybridized carbons (Fsp3) is 0.250. The van der Waals surface area contributed by atoms with Crippen LogP contribution in [0.25, 0.3) is 38.8 Å². The zero-order valence-corrected chi connectivity index (χ0v) is 24.2. The first-order valence-corrected chi connectivity index (χ1v) is 14.7. The van der Waals surface area contributed by atoms with E-state index in [1.807, 2.05) is 40.9 Å². The van der Waals surface area contributed by atoms with Crippen LogP contribution in [0.15, 0.2) is 67.3 Å². The molecule has 1 saturated heterocycles. The first-order chi connectivity index (χ1) is 21.9. The molecule has 0 radical (unpaired) electrons. The van der Waals surface area contributed by atoms with Gasteiger partial charge < -0.3 is 15.0 Å². The highest BCUT2D eigenvalue weighted by atomic mass is 19.1. The third-order valence-electron chi connectivity index (χ3n) is 8.52. The van der Waals surface area contributed by atoms with Crippen LogP contribution in [0.3, 0.4) is 0 Å². The van der Waals surface area contributed by atoms with Crippen molar-refractivity contribution < 1.29 is 18.3 Å². The van der Waals surface area contributed by atoms with Gasteiger partial charge in [-0.15, -0.1) is 0 Å². The Morgan fingerprint density at radius 1 is 1.07 bits per heavy atom. The molecular formula is C32H27F2N9O2. The fourth-order valence-corrected chi connectivity index (χ4v) is 6.49. The van der Waals surface area contributed by atoms with Crippen molar-refractivity contribution >= 4 is 33.7 Å². The summed E-state index contributed by atoms with van der Waals surface area (Å²) in [6, 6.07) is 12.6.